The summed E-state index contributed by atoms with van der Waals surface area (Å²) in [7, 11) is 0. The number of amides is 1. The highest BCUT2D eigenvalue weighted by Crippen LogP contribution is 2.35. The SMILES string of the molecule is CC(C)OC(=O)N1C2COCC1CC(C(C)C)C2. The van der Waals surface area contributed by atoms with E-state index in [-0.39, 0.29) is 24.3 Å². The van der Waals surface area contributed by atoms with E-state index in [1.54, 1.807) is 0 Å². The Balaban J connectivity index is 2.06. The molecule has 1 amide bonds. The smallest absolute Gasteiger partial charge is 0.410 e. The fourth-order valence-corrected chi connectivity index (χ4v) is 3.06. The molecule has 2 heterocycles. The summed E-state index contributed by atoms with van der Waals surface area (Å²) in [5, 5.41) is 0. The predicted molar refractivity (Wildman–Crippen MR) is 69.4 cm³/mol. The Morgan fingerprint density at radius 2 is 1.72 bits per heavy atom. The summed E-state index contributed by atoms with van der Waals surface area (Å²) in [6.07, 6.45) is 1.87. The summed E-state index contributed by atoms with van der Waals surface area (Å²) >= 11 is 0. The van der Waals surface area contributed by atoms with Crippen LogP contribution >= 0.6 is 0 Å². The van der Waals surface area contributed by atoms with E-state index >= 15 is 0 Å². The van der Waals surface area contributed by atoms with E-state index in [1.807, 2.05) is 18.7 Å². The molecule has 0 aliphatic carbocycles. The van der Waals surface area contributed by atoms with Crippen molar-refractivity contribution in [2.24, 2.45) is 11.8 Å². The van der Waals surface area contributed by atoms with E-state index in [1.165, 1.54) is 0 Å². The lowest BCUT2D eigenvalue weighted by Crippen LogP contribution is -2.59. The van der Waals surface area contributed by atoms with Gasteiger partial charge >= 0.3 is 6.09 Å². The molecule has 0 aromatic carbocycles. The van der Waals surface area contributed by atoms with Crippen LogP contribution in [0.5, 0.6) is 0 Å². The molecule has 2 aliphatic rings. The molecule has 104 valence electrons. The van der Waals surface area contributed by atoms with E-state index in [0.29, 0.717) is 25.0 Å². The van der Waals surface area contributed by atoms with Gasteiger partial charge in [-0.15, -0.1) is 0 Å². The van der Waals surface area contributed by atoms with Crippen molar-refractivity contribution in [3.8, 4) is 0 Å². The maximum absolute atomic E-state index is 12.1. The van der Waals surface area contributed by atoms with Crippen LogP contribution in [-0.4, -0.2) is 42.4 Å². The molecule has 0 N–H and O–H groups in total. The first-order chi connectivity index (χ1) is 8.49. The molecule has 2 fully saturated rings. The van der Waals surface area contributed by atoms with Crippen molar-refractivity contribution in [1.82, 2.24) is 4.90 Å². The Morgan fingerprint density at radius 3 is 2.17 bits per heavy atom. The van der Waals surface area contributed by atoms with Crippen molar-refractivity contribution >= 4 is 6.09 Å². The minimum Gasteiger partial charge on any atom is -0.447 e. The lowest BCUT2D eigenvalue weighted by Gasteiger charge is -2.48. The molecule has 2 atom stereocenters. The monoisotopic (exact) mass is 255 g/mol. The van der Waals surface area contributed by atoms with Gasteiger partial charge in [0.1, 0.15) is 0 Å². The summed E-state index contributed by atoms with van der Waals surface area (Å²) in [6, 6.07) is 0.410. The normalized spacial score (nSPS) is 31.9. The number of ether oxygens (including phenoxy) is 2. The zero-order valence-corrected chi connectivity index (χ0v) is 11.9. The molecular formula is C14H25NO3. The first kappa shape index (κ1) is 13.7. The van der Waals surface area contributed by atoms with Crippen LogP contribution in [-0.2, 0) is 9.47 Å². The number of hydrogen-bond acceptors (Lipinski definition) is 3. The molecule has 18 heavy (non-hydrogen) atoms. The molecule has 0 saturated carbocycles. The Morgan fingerprint density at radius 1 is 1.17 bits per heavy atom. The number of nitrogens with zero attached hydrogens (tertiary/aromatic N) is 1. The van der Waals surface area contributed by atoms with Crippen LogP contribution in [0.2, 0.25) is 0 Å². The molecule has 2 rings (SSSR count). The van der Waals surface area contributed by atoms with Gasteiger partial charge in [-0.05, 0) is 38.5 Å². The summed E-state index contributed by atoms with van der Waals surface area (Å²) in [5.74, 6) is 1.38. The molecule has 0 aromatic rings. The number of rotatable bonds is 2. The Hall–Kier alpha value is -0.770. The fourth-order valence-electron chi connectivity index (χ4n) is 3.06. The maximum atomic E-state index is 12.1. The first-order valence-electron chi connectivity index (χ1n) is 7.05. The molecule has 4 nitrogen and oxygen atoms in total. The average molecular weight is 255 g/mol. The Labute approximate surface area is 110 Å². The van der Waals surface area contributed by atoms with Crippen LogP contribution in [0.15, 0.2) is 0 Å². The molecule has 2 saturated heterocycles. The third-order valence-corrected chi connectivity index (χ3v) is 4.05. The number of hydrogen-bond donors (Lipinski definition) is 0. The highest BCUT2D eigenvalue weighted by atomic mass is 16.6. The van der Waals surface area contributed by atoms with Crippen molar-refractivity contribution in [3.63, 3.8) is 0 Å². The van der Waals surface area contributed by atoms with Gasteiger partial charge in [-0.2, -0.15) is 0 Å². The van der Waals surface area contributed by atoms with Gasteiger partial charge in [0, 0.05) is 0 Å². The van der Waals surface area contributed by atoms with Crippen molar-refractivity contribution in [1.29, 1.82) is 0 Å². The van der Waals surface area contributed by atoms with Crippen LogP contribution in [0.1, 0.15) is 40.5 Å². The van der Waals surface area contributed by atoms with Crippen molar-refractivity contribution in [2.45, 2.75) is 58.7 Å². The third-order valence-electron chi connectivity index (χ3n) is 4.05. The van der Waals surface area contributed by atoms with Crippen LogP contribution in [0.4, 0.5) is 4.79 Å². The van der Waals surface area contributed by atoms with Gasteiger partial charge < -0.3 is 9.47 Å². The van der Waals surface area contributed by atoms with Gasteiger partial charge in [0.2, 0.25) is 0 Å². The minimum absolute atomic E-state index is 0.0537. The topological polar surface area (TPSA) is 38.8 Å². The quantitative estimate of drug-likeness (QED) is 0.761. The first-order valence-corrected chi connectivity index (χ1v) is 7.05. The number of morpholine rings is 1. The standard InChI is InChI=1S/C14H25NO3/c1-9(2)11-5-12-7-17-8-13(6-11)15(12)14(16)18-10(3)4/h9-13H,5-8H2,1-4H3. The largest absolute Gasteiger partial charge is 0.447 e. The van der Waals surface area contributed by atoms with Crippen molar-refractivity contribution in [3.05, 3.63) is 0 Å². The van der Waals surface area contributed by atoms with Gasteiger partial charge in [-0.25, -0.2) is 4.79 Å². The second-order valence-corrected chi connectivity index (χ2v) is 6.16. The van der Waals surface area contributed by atoms with Crippen molar-refractivity contribution < 1.29 is 14.3 Å². The van der Waals surface area contributed by atoms with Crippen LogP contribution in [0.25, 0.3) is 0 Å². The number of carbonyl (C=O) groups is 1. The molecule has 2 unspecified atom stereocenters. The van der Waals surface area contributed by atoms with E-state index in [4.69, 9.17) is 9.47 Å². The van der Waals surface area contributed by atoms with E-state index in [0.717, 1.165) is 12.8 Å². The molecule has 0 radical (unpaired) electrons. The highest BCUT2D eigenvalue weighted by molar-refractivity contribution is 5.69. The molecular weight excluding hydrogens is 230 g/mol. The zero-order valence-electron chi connectivity index (χ0n) is 11.9. The molecule has 2 aliphatic heterocycles. The van der Waals surface area contributed by atoms with Crippen LogP contribution in [0.3, 0.4) is 0 Å². The zero-order chi connectivity index (χ0) is 13.3. The Bertz CT molecular complexity index is 289. The average Bonchev–Trinajstić information content (AvgIpc) is 2.25. The van der Waals surface area contributed by atoms with Crippen LogP contribution < -0.4 is 0 Å². The summed E-state index contributed by atoms with van der Waals surface area (Å²) in [6.45, 7) is 9.64. The van der Waals surface area contributed by atoms with Gasteiger partial charge in [0.15, 0.2) is 0 Å². The molecule has 0 aromatic heterocycles. The van der Waals surface area contributed by atoms with Gasteiger partial charge in [-0.3, -0.25) is 4.90 Å². The fraction of sp³-hybridized carbons (Fsp3) is 0.929. The number of fused-ring (bicyclic) bond motifs is 2. The van der Waals surface area contributed by atoms with E-state index < -0.39 is 0 Å². The van der Waals surface area contributed by atoms with Crippen LogP contribution in [0, 0.1) is 11.8 Å². The van der Waals surface area contributed by atoms with Gasteiger partial charge in [0.05, 0.1) is 31.4 Å². The lowest BCUT2D eigenvalue weighted by atomic mass is 9.79. The highest BCUT2D eigenvalue weighted by Gasteiger charge is 2.43. The molecule has 2 bridgehead atoms. The predicted octanol–water partition coefficient (Wildman–Crippen LogP) is 2.67. The lowest BCUT2D eigenvalue weighted by molar-refractivity contribution is -0.0865. The number of piperidine rings is 1. The Kier molecular flexibility index (Phi) is 4.15. The van der Waals surface area contributed by atoms with Gasteiger partial charge in [0.25, 0.3) is 0 Å². The number of carbonyl (C=O) groups excluding carboxylic acids is 1. The molecule has 0 spiro atoms. The third kappa shape index (κ3) is 2.79. The van der Waals surface area contributed by atoms with E-state index in [9.17, 15) is 4.79 Å². The van der Waals surface area contributed by atoms with Gasteiger partial charge in [-0.1, -0.05) is 13.8 Å². The second kappa shape index (κ2) is 5.47. The second-order valence-electron chi connectivity index (χ2n) is 6.16. The maximum Gasteiger partial charge on any atom is 0.410 e. The molecule has 4 heteroatoms. The van der Waals surface area contributed by atoms with E-state index in [2.05, 4.69) is 13.8 Å². The summed E-state index contributed by atoms with van der Waals surface area (Å²) in [4.78, 5) is 14.1. The van der Waals surface area contributed by atoms with Crippen molar-refractivity contribution in [2.75, 3.05) is 13.2 Å². The summed E-state index contributed by atoms with van der Waals surface area (Å²) < 4.78 is 11.0. The summed E-state index contributed by atoms with van der Waals surface area (Å²) in [5.41, 5.74) is 0. The minimum atomic E-state index is -0.162.